The third kappa shape index (κ3) is 1.57. The van der Waals surface area contributed by atoms with Gasteiger partial charge in [0.05, 0.1) is 13.2 Å². The molecule has 1 aliphatic heterocycles. The lowest BCUT2D eigenvalue weighted by Crippen LogP contribution is -2.28. The van der Waals surface area contributed by atoms with Gasteiger partial charge in [-0.15, -0.1) is 0 Å². The van der Waals surface area contributed by atoms with Crippen molar-refractivity contribution in [2.24, 2.45) is 11.3 Å². The summed E-state index contributed by atoms with van der Waals surface area (Å²) in [7, 11) is 0. The Morgan fingerprint density at radius 2 is 2.12 bits per heavy atom. The molecule has 0 aromatic heterocycles. The molecule has 1 aromatic carbocycles. The molecule has 0 bridgehead atoms. The summed E-state index contributed by atoms with van der Waals surface area (Å²) in [6.45, 7) is 1.84. The van der Waals surface area contributed by atoms with E-state index in [1.54, 1.807) is 0 Å². The van der Waals surface area contributed by atoms with Gasteiger partial charge in [-0.05, 0) is 30.2 Å². The lowest BCUT2D eigenvalue weighted by atomic mass is 9.81. The number of aliphatic hydroxyl groups excluding tert-OH is 1. The van der Waals surface area contributed by atoms with Gasteiger partial charge >= 0.3 is 0 Å². The van der Waals surface area contributed by atoms with Crippen LogP contribution in [0.5, 0.6) is 0 Å². The Bertz CT molecular complexity index is 354. The lowest BCUT2D eigenvalue weighted by molar-refractivity contribution is 0.0745. The molecule has 1 aliphatic carbocycles. The molecule has 2 heteroatoms. The summed E-state index contributed by atoms with van der Waals surface area (Å²) < 4.78 is 5.48. The number of hydrogen-bond acceptors (Lipinski definition) is 2. The average Bonchev–Trinajstić information content (AvgIpc) is 3.02. The van der Waals surface area contributed by atoms with Crippen LogP contribution in [0, 0.1) is 11.3 Å². The van der Waals surface area contributed by atoms with Crippen molar-refractivity contribution in [2.75, 3.05) is 19.8 Å². The molecule has 0 radical (unpaired) electrons. The fraction of sp³-hybridized carbons (Fsp3) is 0.571. The van der Waals surface area contributed by atoms with Crippen molar-refractivity contribution in [1.29, 1.82) is 0 Å². The maximum Gasteiger partial charge on any atom is 0.0548 e. The highest BCUT2D eigenvalue weighted by Crippen LogP contribution is 2.59. The maximum absolute atomic E-state index is 9.61. The molecular weight excluding hydrogens is 200 g/mol. The maximum atomic E-state index is 9.61. The van der Waals surface area contributed by atoms with Crippen molar-refractivity contribution in [3.63, 3.8) is 0 Å². The summed E-state index contributed by atoms with van der Waals surface area (Å²) in [5, 5.41) is 9.61. The Hall–Kier alpha value is -0.860. The highest BCUT2D eigenvalue weighted by atomic mass is 16.5. The number of hydrogen-bond donors (Lipinski definition) is 1. The Morgan fingerprint density at radius 3 is 2.75 bits per heavy atom. The fourth-order valence-corrected chi connectivity index (χ4v) is 3.10. The third-order valence-corrected chi connectivity index (χ3v) is 4.25. The molecule has 86 valence electrons. The molecule has 1 aromatic rings. The summed E-state index contributed by atoms with van der Waals surface area (Å²) >= 11 is 0. The summed E-state index contributed by atoms with van der Waals surface area (Å²) in [5.74, 6) is 1.28. The number of benzene rings is 1. The van der Waals surface area contributed by atoms with Gasteiger partial charge in [-0.25, -0.2) is 0 Å². The van der Waals surface area contributed by atoms with Crippen molar-refractivity contribution < 1.29 is 9.84 Å². The van der Waals surface area contributed by atoms with E-state index in [0.717, 1.165) is 19.6 Å². The van der Waals surface area contributed by atoms with E-state index in [9.17, 15) is 5.11 Å². The van der Waals surface area contributed by atoms with Crippen LogP contribution in [-0.4, -0.2) is 24.9 Å². The Kier molecular flexibility index (Phi) is 2.49. The zero-order valence-electron chi connectivity index (χ0n) is 9.43. The van der Waals surface area contributed by atoms with Gasteiger partial charge in [0.2, 0.25) is 0 Å². The predicted molar refractivity (Wildman–Crippen MR) is 62.2 cm³/mol. The molecule has 2 aliphatic rings. The lowest BCUT2D eigenvalue weighted by Gasteiger charge is -2.25. The second-order valence-electron chi connectivity index (χ2n) is 5.18. The highest BCUT2D eigenvalue weighted by Gasteiger charge is 2.54. The van der Waals surface area contributed by atoms with Crippen LogP contribution in [0.15, 0.2) is 30.3 Å². The first-order valence-corrected chi connectivity index (χ1v) is 6.09. The van der Waals surface area contributed by atoms with Crippen LogP contribution in [0.3, 0.4) is 0 Å². The van der Waals surface area contributed by atoms with Crippen LogP contribution in [0.25, 0.3) is 0 Å². The van der Waals surface area contributed by atoms with Gasteiger partial charge in [0.25, 0.3) is 0 Å². The molecule has 1 saturated heterocycles. The van der Waals surface area contributed by atoms with Crippen molar-refractivity contribution in [2.45, 2.75) is 18.8 Å². The first-order chi connectivity index (χ1) is 7.86. The van der Waals surface area contributed by atoms with Crippen molar-refractivity contribution >= 4 is 0 Å². The molecule has 1 heterocycles. The van der Waals surface area contributed by atoms with E-state index in [-0.39, 0.29) is 12.0 Å². The SMILES string of the molecule is OCC1(C2CC2c2ccccc2)CCOC1. The first-order valence-electron chi connectivity index (χ1n) is 6.09. The van der Waals surface area contributed by atoms with E-state index in [2.05, 4.69) is 30.3 Å². The van der Waals surface area contributed by atoms with Crippen LogP contribution in [0.4, 0.5) is 0 Å². The monoisotopic (exact) mass is 218 g/mol. The van der Waals surface area contributed by atoms with Crippen LogP contribution < -0.4 is 0 Å². The van der Waals surface area contributed by atoms with E-state index >= 15 is 0 Å². The fourth-order valence-electron chi connectivity index (χ4n) is 3.10. The summed E-state index contributed by atoms with van der Waals surface area (Å²) in [4.78, 5) is 0. The second kappa shape index (κ2) is 3.86. The molecule has 2 nitrogen and oxygen atoms in total. The zero-order valence-corrected chi connectivity index (χ0v) is 9.43. The van der Waals surface area contributed by atoms with Gasteiger partial charge in [0.15, 0.2) is 0 Å². The minimum absolute atomic E-state index is 0.0561. The minimum atomic E-state index is 0.0561. The quantitative estimate of drug-likeness (QED) is 0.842. The molecular formula is C14H18O2. The average molecular weight is 218 g/mol. The number of aliphatic hydroxyl groups is 1. The van der Waals surface area contributed by atoms with Gasteiger partial charge in [0, 0.05) is 12.0 Å². The number of ether oxygens (including phenoxy) is 1. The Labute approximate surface area is 96.2 Å². The highest BCUT2D eigenvalue weighted by molar-refractivity contribution is 5.27. The third-order valence-electron chi connectivity index (χ3n) is 4.25. The van der Waals surface area contributed by atoms with Crippen LogP contribution in [-0.2, 0) is 4.74 Å². The normalized spacial score (nSPS) is 37.6. The van der Waals surface area contributed by atoms with Crippen molar-refractivity contribution in [1.82, 2.24) is 0 Å². The molecule has 2 fully saturated rings. The molecule has 3 unspecified atom stereocenters. The van der Waals surface area contributed by atoms with Gasteiger partial charge in [-0.3, -0.25) is 0 Å². The largest absolute Gasteiger partial charge is 0.396 e. The molecule has 0 amide bonds. The first kappa shape index (κ1) is 10.3. The predicted octanol–water partition coefficient (Wildman–Crippen LogP) is 2.19. The van der Waals surface area contributed by atoms with Gasteiger partial charge in [0.1, 0.15) is 0 Å². The van der Waals surface area contributed by atoms with Crippen molar-refractivity contribution in [3.05, 3.63) is 35.9 Å². The van der Waals surface area contributed by atoms with Crippen LogP contribution in [0.1, 0.15) is 24.3 Å². The molecule has 0 spiro atoms. The standard InChI is InChI=1S/C14H18O2/c15-9-14(6-7-16-10-14)13-8-12(13)11-4-2-1-3-5-11/h1-5,12-13,15H,6-10H2. The molecule has 1 N–H and O–H groups in total. The summed E-state index contributed by atoms with van der Waals surface area (Å²) in [5.41, 5.74) is 1.48. The van der Waals surface area contributed by atoms with E-state index in [0.29, 0.717) is 11.8 Å². The molecule has 1 saturated carbocycles. The van der Waals surface area contributed by atoms with Gasteiger partial charge in [-0.1, -0.05) is 30.3 Å². The van der Waals surface area contributed by atoms with E-state index in [1.165, 1.54) is 12.0 Å². The van der Waals surface area contributed by atoms with E-state index in [1.807, 2.05) is 0 Å². The summed E-state index contributed by atoms with van der Waals surface area (Å²) in [6.07, 6.45) is 2.24. The topological polar surface area (TPSA) is 29.5 Å². The van der Waals surface area contributed by atoms with E-state index < -0.39 is 0 Å². The van der Waals surface area contributed by atoms with Gasteiger partial charge < -0.3 is 9.84 Å². The minimum Gasteiger partial charge on any atom is -0.396 e. The second-order valence-corrected chi connectivity index (χ2v) is 5.18. The van der Waals surface area contributed by atoms with E-state index in [4.69, 9.17) is 4.74 Å². The van der Waals surface area contributed by atoms with Gasteiger partial charge in [-0.2, -0.15) is 0 Å². The summed E-state index contributed by atoms with van der Waals surface area (Å²) in [6, 6.07) is 10.7. The smallest absolute Gasteiger partial charge is 0.0548 e. The Balaban J connectivity index is 1.76. The Morgan fingerprint density at radius 1 is 1.31 bits per heavy atom. The molecule has 16 heavy (non-hydrogen) atoms. The number of rotatable bonds is 3. The molecule has 3 atom stereocenters. The van der Waals surface area contributed by atoms with Crippen molar-refractivity contribution in [3.8, 4) is 0 Å². The zero-order chi connectivity index (χ0) is 11.0. The van der Waals surface area contributed by atoms with Crippen LogP contribution in [0.2, 0.25) is 0 Å². The molecule has 3 rings (SSSR count). The van der Waals surface area contributed by atoms with Crippen LogP contribution >= 0.6 is 0 Å².